The highest BCUT2D eigenvalue weighted by molar-refractivity contribution is 5.57. The van der Waals surface area contributed by atoms with E-state index in [1.54, 1.807) is 5.57 Å². The van der Waals surface area contributed by atoms with Crippen molar-refractivity contribution in [2.24, 2.45) is 34.5 Å². The lowest BCUT2D eigenvalue weighted by Crippen LogP contribution is -2.51. The van der Waals surface area contributed by atoms with Gasteiger partial charge >= 0.3 is 0 Å². The van der Waals surface area contributed by atoms with Crippen molar-refractivity contribution < 1.29 is 0 Å². The number of fused-ring (bicyclic) bond motifs is 5. The van der Waals surface area contributed by atoms with Crippen LogP contribution >= 0.6 is 0 Å². The van der Waals surface area contributed by atoms with Gasteiger partial charge in [0.2, 0.25) is 0 Å². The summed E-state index contributed by atoms with van der Waals surface area (Å²) in [6, 6.07) is 7.38. The van der Waals surface area contributed by atoms with Crippen LogP contribution in [-0.2, 0) is 0 Å². The van der Waals surface area contributed by atoms with E-state index < -0.39 is 0 Å². The van der Waals surface area contributed by atoms with Crippen LogP contribution in [0.5, 0.6) is 0 Å². The van der Waals surface area contributed by atoms with Gasteiger partial charge < -0.3 is 5.32 Å². The third-order valence-corrected chi connectivity index (χ3v) is 11.0. The van der Waals surface area contributed by atoms with Crippen LogP contribution in [0.4, 0.5) is 0 Å². The zero-order chi connectivity index (χ0) is 22.5. The van der Waals surface area contributed by atoms with Gasteiger partial charge in [0.05, 0.1) is 0 Å². The summed E-state index contributed by atoms with van der Waals surface area (Å²) in [5.74, 6) is 3.67. The van der Waals surface area contributed by atoms with E-state index in [9.17, 15) is 0 Å². The molecule has 1 heteroatoms. The minimum Gasteiger partial charge on any atom is -0.317 e. The first-order chi connectivity index (χ1) is 15.4. The van der Waals surface area contributed by atoms with Gasteiger partial charge in [-0.25, -0.2) is 0 Å². The van der Waals surface area contributed by atoms with E-state index in [1.165, 1.54) is 74.5 Å². The first-order valence-electron chi connectivity index (χ1n) is 13.5. The first kappa shape index (κ1) is 22.5. The molecule has 0 saturated heterocycles. The molecular weight excluding hydrogens is 386 g/mol. The Labute approximate surface area is 197 Å². The second-order valence-electron chi connectivity index (χ2n) is 12.3. The van der Waals surface area contributed by atoms with Crippen LogP contribution in [0.25, 0.3) is 6.08 Å². The van der Waals surface area contributed by atoms with Crippen LogP contribution in [0.1, 0.15) is 88.3 Å². The number of hydrogen-bond donors (Lipinski definition) is 1. The number of allylic oxidation sites excluding steroid dienone is 2. The molecule has 5 rings (SSSR count). The Hall–Kier alpha value is -1.34. The van der Waals surface area contributed by atoms with Crippen LogP contribution < -0.4 is 5.32 Å². The summed E-state index contributed by atoms with van der Waals surface area (Å²) in [6.45, 7) is 9.81. The Balaban J connectivity index is 1.32. The molecule has 0 radical (unpaired) electrons. The number of hydrogen-bond acceptors (Lipinski definition) is 1. The number of aryl methyl sites for hydroxylation is 2. The van der Waals surface area contributed by atoms with E-state index in [0.29, 0.717) is 16.9 Å². The van der Waals surface area contributed by atoms with E-state index in [0.717, 1.165) is 23.7 Å². The van der Waals surface area contributed by atoms with Crippen LogP contribution in [0, 0.1) is 48.3 Å². The minimum absolute atomic E-state index is 0.484. The molecule has 1 N–H and O–H groups in total. The van der Waals surface area contributed by atoms with Crippen LogP contribution in [-0.4, -0.2) is 13.1 Å². The maximum absolute atomic E-state index is 3.57. The highest BCUT2D eigenvalue weighted by Gasteiger charge is 2.58. The second-order valence-corrected chi connectivity index (χ2v) is 12.3. The molecule has 1 aromatic rings. The van der Waals surface area contributed by atoms with E-state index in [-0.39, 0.29) is 0 Å². The van der Waals surface area contributed by atoms with Crippen molar-refractivity contribution in [3.8, 4) is 0 Å². The fraction of sp³-hybridized carbons (Fsp3) is 0.677. The quantitative estimate of drug-likeness (QED) is 0.478. The lowest BCUT2D eigenvalue weighted by molar-refractivity contribution is -0.0421. The number of rotatable bonds is 4. The number of benzene rings is 1. The summed E-state index contributed by atoms with van der Waals surface area (Å²) in [5, 5.41) is 3.57. The smallest absolute Gasteiger partial charge is 0.0102 e. The van der Waals surface area contributed by atoms with E-state index >= 15 is 0 Å². The molecule has 0 heterocycles. The van der Waals surface area contributed by atoms with Crippen molar-refractivity contribution in [1.29, 1.82) is 0 Å². The zero-order valence-corrected chi connectivity index (χ0v) is 21.2. The maximum atomic E-state index is 3.57. The lowest BCUT2D eigenvalue weighted by Gasteiger charge is -2.58. The molecule has 7 unspecified atom stereocenters. The summed E-state index contributed by atoms with van der Waals surface area (Å²) >= 11 is 0. The molecule has 1 nitrogen and oxygen atoms in total. The zero-order valence-electron chi connectivity index (χ0n) is 21.2. The molecule has 3 fully saturated rings. The summed E-state index contributed by atoms with van der Waals surface area (Å²) in [7, 11) is 2.15. The Morgan fingerprint density at radius 3 is 2.53 bits per heavy atom. The summed E-state index contributed by atoms with van der Waals surface area (Å²) < 4.78 is 0. The molecule has 1 aromatic carbocycles. The third kappa shape index (κ3) is 3.54. The van der Waals surface area contributed by atoms with Crippen LogP contribution in [0.2, 0.25) is 0 Å². The van der Waals surface area contributed by atoms with Crippen molar-refractivity contribution in [3.05, 3.63) is 52.6 Å². The predicted molar refractivity (Wildman–Crippen MR) is 138 cm³/mol. The monoisotopic (exact) mass is 431 g/mol. The van der Waals surface area contributed by atoms with Crippen LogP contribution in [0.3, 0.4) is 0 Å². The molecule has 32 heavy (non-hydrogen) atoms. The van der Waals surface area contributed by atoms with Gasteiger partial charge in [0, 0.05) is 6.04 Å². The summed E-state index contributed by atoms with van der Waals surface area (Å²) in [4.78, 5) is 0. The fourth-order valence-electron chi connectivity index (χ4n) is 8.84. The maximum Gasteiger partial charge on any atom is 0.0102 e. The summed E-state index contributed by atoms with van der Waals surface area (Å²) in [6.07, 6.45) is 20.2. The number of nitrogens with one attached hydrogen (secondary N) is 1. The molecule has 3 saturated carbocycles. The highest BCUT2D eigenvalue weighted by Crippen LogP contribution is 2.66. The SMILES string of the molecule is CNC1CCC2(C)C(=CCC3C2CCC2(C)C(C/C=C/c4c(C)cccc4C)CCC32)C1. The van der Waals surface area contributed by atoms with Gasteiger partial charge in [-0.1, -0.05) is 55.8 Å². The van der Waals surface area contributed by atoms with Crippen molar-refractivity contribution in [2.75, 3.05) is 7.05 Å². The highest BCUT2D eigenvalue weighted by atomic mass is 14.9. The van der Waals surface area contributed by atoms with Crippen molar-refractivity contribution in [1.82, 2.24) is 5.32 Å². The standard InChI is InChI=1S/C31H45N/c1-21-8-6-9-22(2)26(21)11-7-10-23-13-15-28-27-14-12-24-20-25(32-5)16-18-31(24,4)29(27)17-19-30(23,28)3/h6-9,11-12,23,25,27-29,32H,10,13-20H2,1-5H3/b11-7+. The first-order valence-corrected chi connectivity index (χ1v) is 13.5. The molecule has 0 amide bonds. The van der Waals surface area contributed by atoms with Gasteiger partial charge in [0.25, 0.3) is 0 Å². The third-order valence-electron chi connectivity index (χ3n) is 11.0. The minimum atomic E-state index is 0.484. The Kier molecular flexibility index (Phi) is 5.94. The van der Waals surface area contributed by atoms with E-state index in [2.05, 4.69) is 76.5 Å². The molecule has 174 valence electrons. The Morgan fingerprint density at radius 1 is 1.00 bits per heavy atom. The van der Waals surface area contributed by atoms with Crippen molar-refractivity contribution in [3.63, 3.8) is 0 Å². The topological polar surface area (TPSA) is 12.0 Å². The van der Waals surface area contributed by atoms with Gasteiger partial charge in [0.15, 0.2) is 0 Å². The van der Waals surface area contributed by atoms with Crippen molar-refractivity contribution in [2.45, 2.75) is 91.5 Å². The van der Waals surface area contributed by atoms with Gasteiger partial charge in [-0.15, -0.1) is 0 Å². The lowest BCUT2D eigenvalue weighted by atomic mass is 9.47. The Bertz CT molecular complexity index is 889. The van der Waals surface area contributed by atoms with Gasteiger partial charge in [-0.2, -0.15) is 0 Å². The van der Waals surface area contributed by atoms with Gasteiger partial charge in [0.1, 0.15) is 0 Å². The molecule has 0 spiro atoms. The molecule has 0 bridgehead atoms. The molecule has 7 atom stereocenters. The second kappa shape index (κ2) is 8.46. The predicted octanol–water partition coefficient (Wildman–Crippen LogP) is 7.87. The largest absolute Gasteiger partial charge is 0.317 e. The van der Waals surface area contributed by atoms with Gasteiger partial charge in [-0.3, -0.25) is 0 Å². The molecule has 0 aliphatic heterocycles. The van der Waals surface area contributed by atoms with Gasteiger partial charge in [-0.05, 0) is 130 Å². The molecule has 4 aliphatic rings. The fourth-order valence-corrected chi connectivity index (χ4v) is 8.84. The van der Waals surface area contributed by atoms with Crippen LogP contribution in [0.15, 0.2) is 35.9 Å². The molecular formula is C31H45N. The van der Waals surface area contributed by atoms with E-state index in [1.807, 2.05) is 0 Å². The summed E-state index contributed by atoms with van der Waals surface area (Å²) in [5.41, 5.74) is 7.09. The van der Waals surface area contributed by atoms with E-state index in [4.69, 9.17) is 0 Å². The average Bonchev–Trinajstić information content (AvgIpc) is 3.11. The normalized spacial score (nSPS) is 41.2. The van der Waals surface area contributed by atoms with Crippen molar-refractivity contribution >= 4 is 6.08 Å². The average molecular weight is 432 g/mol. The Morgan fingerprint density at radius 2 is 1.78 bits per heavy atom. The molecule has 4 aliphatic carbocycles. The molecule has 0 aromatic heterocycles.